The molecule has 1 saturated carbocycles. The molecule has 0 radical (unpaired) electrons. The van der Waals surface area contributed by atoms with E-state index in [1.165, 1.54) is 45.6 Å². The van der Waals surface area contributed by atoms with Gasteiger partial charge in [-0.3, -0.25) is 4.90 Å². The van der Waals surface area contributed by atoms with Crippen molar-refractivity contribution in [3.05, 3.63) is 12.2 Å². The van der Waals surface area contributed by atoms with Gasteiger partial charge in [-0.25, -0.2) is 0 Å². The van der Waals surface area contributed by atoms with Crippen LogP contribution >= 0.6 is 0 Å². The first-order valence-electron chi connectivity index (χ1n) is 7.37. The lowest BCUT2D eigenvalue weighted by Crippen LogP contribution is -2.50. The summed E-state index contributed by atoms with van der Waals surface area (Å²) in [7, 11) is 0. The van der Waals surface area contributed by atoms with Crippen LogP contribution in [0.15, 0.2) is 12.2 Å². The van der Waals surface area contributed by atoms with Crippen LogP contribution in [0.2, 0.25) is 0 Å². The molecule has 0 unspecified atom stereocenters. The first-order chi connectivity index (χ1) is 8.22. The summed E-state index contributed by atoms with van der Waals surface area (Å²) < 4.78 is 0. The summed E-state index contributed by atoms with van der Waals surface area (Å²) in [6, 6.07) is 0.725. The van der Waals surface area contributed by atoms with Crippen molar-refractivity contribution in [2.75, 3.05) is 32.7 Å². The van der Waals surface area contributed by atoms with E-state index < -0.39 is 0 Å². The van der Waals surface area contributed by atoms with Gasteiger partial charge in [0.1, 0.15) is 0 Å². The second-order valence-corrected chi connectivity index (χ2v) is 6.47. The molecule has 0 amide bonds. The van der Waals surface area contributed by atoms with Crippen LogP contribution in [-0.4, -0.2) is 48.6 Å². The van der Waals surface area contributed by atoms with Gasteiger partial charge in [0, 0.05) is 38.8 Å². The minimum atomic E-state index is 0.725. The highest BCUT2D eigenvalue weighted by Crippen LogP contribution is 2.43. The molecule has 3 rings (SSSR count). The fraction of sp³-hybridized carbons (Fsp3) is 0.867. The number of hydrogen-bond acceptors (Lipinski definition) is 2. The molecule has 3 aliphatic rings. The van der Waals surface area contributed by atoms with E-state index in [0.717, 1.165) is 23.8 Å². The summed E-state index contributed by atoms with van der Waals surface area (Å²) in [6.45, 7) is 11.1. The molecule has 2 nitrogen and oxygen atoms in total. The Morgan fingerprint density at radius 3 is 2.35 bits per heavy atom. The number of fused-ring (bicyclic) bond motifs is 2. The van der Waals surface area contributed by atoms with Crippen molar-refractivity contribution < 1.29 is 0 Å². The molecule has 1 heterocycles. The van der Waals surface area contributed by atoms with E-state index in [2.05, 4.69) is 35.8 Å². The van der Waals surface area contributed by atoms with Gasteiger partial charge in [0.05, 0.1) is 0 Å². The highest BCUT2D eigenvalue weighted by molar-refractivity contribution is 5.10. The van der Waals surface area contributed by atoms with E-state index >= 15 is 0 Å². The van der Waals surface area contributed by atoms with Gasteiger partial charge in [-0.1, -0.05) is 12.2 Å². The summed E-state index contributed by atoms with van der Waals surface area (Å²) in [5, 5.41) is 0. The van der Waals surface area contributed by atoms with E-state index in [9.17, 15) is 0 Å². The number of nitrogens with zero attached hydrogens (tertiary/aromatic N) is 2. The molecule has 3 atom stereocenters. The van der Waals surface area contributed by atoms with Crippen molar-refractivity contribution in [2.24, 2.45) is 17.8 Å². The van der Waals surface area contributed by atoms with E-state index in [4.69, 9.17) is 0 Å². The van der Waals surface area contributed by atoms with Gasteiger partial charge < -0.3 is 4.90 Å². The molecule has 1 aliphatic heterocycles. The van der Waals surface area contributed by atoms with Crippen LogP contribution in [0.1, 0.15) is 26.7 Å². The highest BCUT2D eigenvalue weighted by Gasteiger charge is 2.36. The van der Waals surface area contributed by atoms with E-state index in [1.54, 1.807) is 0 Å². The highest BCUT2D eigenvalue weighted by atomic mass is 15.3. The fourth-order valence-corrected chi connectivity index (χ4v) is 3.90. The first-order valence-corrected chi connectivity index (χ1v) is 7.37. The monoisotopic (exact) mass is 234 g/mol. The Bertz CT molecular complexity index is 289. The molecule has 0 aromatic heterocycles. The molecule has 2 fully saturated rings. The van der Waals surface area contributed by atoms with Gasteiger partial charge in [-0.15, -0.1) is 0 Å². The molecule has 0 N–H and O–H groups in total. The molecular formula is C15H26N2. The maximum atomic E-state index is 2.71. The quantitative estimate of drug-likeness (QED) is 0.691. The van der Waals surface area contributed by atoms with Crippen molar-refractivity contribution in [1.82, 2.24) is 9.80 Å². The van der Waals surface area contributed by atoms with Crippen LogP contribution in [0.5, 0.6) is 0 Å². The SMILES string of the molecule is CC(C)N1CCN(C[C@@H]2C[C@H]3C=C[C@@H]2C3)CC1. The Morgan fingerprint density at radius 2 is 1.82 bits per heavy atom. The minimum Gasteiger partial charge on any atom is -0.300 e. The number of allylic oxidation sites excluding steroid dienone is 2. The van der Waals surface area contributed by atoms with Gasteiger partial charge in [0.2, 0.25) is 0 Å². The maximum Gasteiger partial charge on any atom is 0.0113 e. The molecule has 0 aromatic rings. The predicted molar refractivity (Wildman–Crippen MR) is 72.0 cm³/mol. The summed E-state index contributed by atoms with van der Waals surface area (Å²) in [5.74, 6) is 2.82. The van der Waals surface area contributed by atoms with Crippen molar-refractivity contribution in [2.45, 2.75) is 32.7 Å². The lowest BCUT2D eigenvalue weighted by atomic mass is 9.93. The molecule has 17 heavy (non-hydrogen) atoms. The molecule has 1 saturated heterocycles. The molecular weight excluding hydrogens is 208 g/mol. The van der Waals surface area contributed by atoms with Crippen molar-refractivity contribution >= 4 is 0 Å². The van der Waals surface area contributed by atoms with Crippen LogP contribution in [0, 0.1) is 17.8 Å². The van der Waals surface area contributed by atoms with Crippen LogP contribution in [-0.2, 0) is 0 Å². The topological polar surface area (TPSA) is 6.48 Å². The van der Waals surface area contributed by atoms with Gasteiger partial charge in [0.15, 0.2) is 0 Å². The largest absolute Gasteiger partial charge is 0.300 e. The smallest absolute Gasteiger partial charge is 0.0113 e. The molecule has 2 aliphatic carbocycles. The zero-order valence-electron chi connectivity index (χ0n) is 11.3. The second-order valence-electron chi connectivity index (χ2n) is 6.47. The normalized spacial score (nSPS) is 38.4. The van der Waals surface area contributed by atoms with Crippen molar-refractivity contribution in [1.29, 1.82) is 0 Å². The Kier molecular flexibility index (Phi) is 3.27. The third-order valence-electron chi connectivity index (χ3n) is 5.05. The first kappa shape index (κ1) is 11.7. The average molecular weight is 234 g/mol. The third-order valence-corrected chi connectivity index (χ3v) is 5.05. The maximum absolute atomic E-state index is 2.71. The standard InChI is InChI=1S/C15H26N2/c1-12(2)17-7-5-16(6-8-17)11-15-10-13-3-4-14(15)9-13/h3-4,12-15H,5-11H2,1-2H3/t13-,14+,15-/m0/s1. The molecule has 2 bridgehead atoms. The average Bonchev–Trinajstić information content (AvgIpc) is 2.91. The number of hydrogen-bond donors (Lipinski definition) is 0. The van der Waals surface area contributed by atoms with Crippen LogP contribution in [0.4, 0.5) is 0 Å². The van der Waals surface area contributed by atoms with Crippen molar-refractivity contribution in [3.63, 3.8) is 0 Å². The fourth-order valence-electron chi connectivity index (χ4n) is 3.90. The van der Waals surface area contributed by atoms with Crippen LogP contribution < -0.4 is 0 Å². The lowest BCUT2D eigenvalue weighted by Gasteiger charge is -2.38. The molecule has 96 valence electrons. The summed E-state index contributed by atoms with van der Waals surface area (Å²) in [5.41, 5.74) is 0. The van der Waals surface area contributed by atoms with Gasteiger partial charge >= 0.3 is 0 Å². The Balaban J connectivity index is 1.47. The molecule has 0 spiro atoms. The zero-order valence-corrected chi connectivity index (χ0v) is 11.3. The lowest BCUT2D eigenvalue weighted by molar-refractivity contribution is 0.0932. The molecule has 0 aromatic carbocycles. The Morgan fingerprint density at radius 1 is 1.06 bits per heavy atom. The van der Waals surface area contributed by atoms with E-state index in [1.807, 2.05) is 0 Å². The Labute approximate surface area is 106 Å². The molecule has 2 heteroatoms. The van der Waals surface area contributed by atoms with E-state index in [-0.39, 0.29) is 0 Å². The third kappa shape index (κ3) is 2.43. The minimum absolute atomic E-state index is 0.725. The van der Waals surface area contributed by atoms with E-state index in [0.29, 0.717) is 0 Å². The summed E-state index contributed by atoms with van der Waals surface area (Å²) in [6.07, 6.45) is 7.86. The van der Waals surface area contributed by atoms with Crippen molar-refractivity contribution in [3.8, 4) is 0 Å². The van der Waals surface area contributed by atoms with Gasteiger partial charge in [-0.05, 0) is 44.4 Å². The number of piperazine rings is 1. The second kappa shape index (κ2) is 4.74. The zero-order chi connectivity index (χ0) is 11.8. The van der Waals surface area contributed by atoms with Gasteiger partial charge in [-0.2, -0.15) is 0 Å². The Hall–Kier alpha value is -0.340. The van der Waals surface area contributed by atoms with Crippen LogP contribution in [0.3, 0.4) is 0 Å². The van der Waals surface area contributed by atoms with Crippen LogP contribution in [0.25, 0.3) is 0 Å². The summed E-state index contributed by atoms with van der Waals surface area (Å²) in [4.78, 5) is 5.31. The summed E-state index contributed by atoms with van der Waals surface area (Å²) >= 11 is 0. The number of rotatable bonds is 3. The predicted octanol–water partition coefficient (Wildman–Crippen LogP) is 2.22. The van der Waals surface area contributed by atoms with Gasteiger partial charge in [0.25, 0.3) is 0 Å².